The van der Waals surface area contributed by atoms with Crippen LogP contribution in [0.15, 0.2) is 42.5 Å². The zero-order valence-electron chi connectivity index (χ0n) is 16.7. The number of anilines is 2. The van der Waals surface area contributed by atoms with E-state index in [0.717, 1.165) is 44.8 Å². The van der Waals surface area contributed by atoms with Crippen LogP contribution in [0.3, 0.4) is 0 Å². The lowest BCUT2D eigenvalue weighted by molar-refractivity contribution is -0.914. The average Bonchev–Trinajstić information content (AvgIpc) is 3.13. The first-order valence-corrected chi connectivity index (χ1v) is 10.1. The maximum absolute atomic E-state index is 13.1. The molecule has 2 heterocycles. The molecule has 2 aliphatic rings. The molecule has 0 radical (unpaired) electrons. The molecule has 0 spiro atoms. The van der Waals surface area contributed by atoms with E-state index in [-0.39, 0.29) is 11.9 Å². The van der Waals surface area contributed by atoms with Crippen molar-refractivity contribution in [1.29, 1.82) is 0 Å². The Balaban J connectivity index is 1.41. The number of amides is 1. The molecule has 0 unspecified atom stereocenters. The molecule has 4 rings (SSSR count). The molecule has 2 aromatic rings. The number of piperazine rings is 1. The summed E-state index contributed by atoms with van der Waals surface area (Å²) in [6.07, 6.45) is 0.977. The van der Waals surface area contributed by atoms with Gasteiger partial charge in [0.2, 0.25) is 0 Å². The number of benzene rings is 2. The summed E-state index contributed by atoms with van der Waals surface area (Å²) in [5, 5.41) is 0. The van der Waals surface area contributed by atoms with Gasteiger partial charge in [0.25, 0.3) is 5.91 Å². The lowest BCUT2D eigenvalue weighted by atomic mass is 10.1. The van der Waals surface area contributed by atoms with E-state index in [4.69, 9.17) is 0 Å². The van der Waals surface area contributed by atoms with Gasteiger partial charge in [0, 0.05) is 17.9 Å². The van der Waals surface area contributed by atoms with Crippen LogP contribution in [0.4, 0.5) is 11.4 Å². The predicted octanol–water partition coefficient (Wildman–Crippen LogP) is 1.99. The van der Waals surface area contributed by atoms with E-state index in [9.17, 15) is 4.79 Å². The number of hydrogen-bond donors (Lipinski definition) is 1. The van der Waals surface area contributed by atoms with Crippen LogP contribution in [0, 0.1) is 13.8 Å². The maximum atomic E-state index is 13.1. The lowest BCUT2D eigenvalue weighted by Crippen LogP contribution is -3.19. The number of rotatable bonds is 3. The third kappa shape index (κ3) is 3.34. The molecule has 0 aliphatic carbocycles. The van der Waals surface area contributed by atoms with Crippen LogP contribution in [-0.4, -0.2) is 44.7 Å². The summed E-state index contributed by atoms with van der Waals surface area (Å²) in [6.45, 7) is 11.3. The SMILES string of the molecule is Cc1cccc(N2CC[NH+]([C@H](C)C(=O)N3CCc4ccccc43)CC2)c1C. The van der Waals surface area contributed by atoms with Crippen LogP contribution in [0.5, 0.6) is 0 Å². The first-order chi connectivity index (χ1) is 13.1. The second-order valence-corrected chi connectivity index (χ2v) is 7.95. The highest BCUT2D eigenvalue weighted by molar-refractivity contribution is 5.97. The normalized spacial score (nSPS) is 18.5. The van der Waals surface area contributed by atoms with Crippen molar-refractivity contribution in [3.05, 3.63) is 59.2 Å². The summed E-state index contributed by atoms with van der Waals surface area (Å²) in [7, 11) is 0. The van der Waals surface area contributed by atoms with Crippen molar-refractivity contribution < 1.29 is 9.69 Å². The fourth-order valence-corrected chi connectivity index (χ4v) is 4.52. The first kappa shape index (κ1) is 18.1. The summed E-state index contributed by atoms with van der Waals surface area (Å²) in [5.74, 6) is 0.273. The van der Waals surface area contributed by atoms with Crippen molar-refractivity contribution in [1.82, 2.24) is 0 Å². The molecular formula is C23H30N3O+. The summed E-state index contributed by atoms with van der Waals surface area (Å²) in [4.78, 5) is 19.0. The Hall–Kier alpha value is -2.33. The van der Waals surface area contributed by atoms with Gasteiger partial charge in [-0.25, -0.2) is 0 Å². The zero-order valence-corrected chi connectivity index (χ0v) is 16.7. The van der Waals surface area contributed by atoms with Gasteiger partial charge >= 0.3 is 0 Å². The standard InChI is InChI=1S/C23H29N3O/c1-17-7-6-10-21(18(17)2)25-15-13-24(14-16-25)19(3)23(27)26-12-11-20-8-4-5-9-22(20)26/h4-10,19H,11-16H2,1-3H3/p+1/t19-/m1/s1. The zero-order chi connectivity index (χ0) is 19.0. The van der Waals surface area contributed by atoms with Crippen molar-refractivity contribution in [3.63, 3.8) is 0 Å². The van der Waals surface area contributed by atoms with Crippen molar-refractivity contribution in [2.45, 2.75) is 33.2 Å². The molecule has 1 fully saturated rings. The van der Waals surface area contributed by atoms with Gasteiger partial charge < -0.3 is 14.7 Å². The molecule has 1 amide bonds. The number of aryl methyl sites for hydroxylation is 1. The maximum Gasteiger partial charge on any atom is 0.284 e. The minimum Gasteiger partial charge on any atom is -0.360 e. The lowest BCUT2D eigenvalue weighted by Gasteiger charge is -2.37. The number of carbonyl (C=O) groups is 1. The van der Waals surface area contributed by atoms with Gasteiger partial charge in [0.15, 0.2) is 6.04 Å². The Morgan fingerprint density at radius 2 is 1.67 bits per heavy atom. The molecule has 0 saturated carbocycles. The van der Waals surface area contributed by atoms with E-state index in [1.165, 1.54) is 27.3 Å². The molecular weight excluding hydrogens is 334 g/mol. The number of nitrogens with zero attached hydrogens (tertiary/aromatic N) is 2. The Kier molecular flexibility index (Phi) is 4.92. The highest BCUT2D eigenvalue weighted by atomic mass is 16.2. The van der Waals surface area contributed by atoms with Crippen LogP contribution in [0.25, 0.3) is 0 Å². The van der Waals surface area contributed by atoms with E-state index >= 15 is 0 Å². The third-order valence-electron chi connectivity index (χ3n) is 6.46. The van der Waals surface area contributed by atoms with Crippen LogP contribution < -0.4 is 14.7 Å². The molecule has 0 bridgehead atoms. The molecule has 142 valence electrons. The minimum absolute atomic E-state index is 0.0110. The van der Waals surface area contributed by atoms with E-state index in [2.05, 4.69) is 62.1 Å². The number of para-hydroxylation sites is 1. The Morgan fingerprint density at radius 1 is 0.963 bits per heavy atom. The molecule has 4 heteroatoms. The van der Waals surface area contributed by atoms with Crippen LogP contribution in [-0.2, 0) is 11.2 Å². The molecule has 1 N–H and O–H groups in total. The number of carbonyl (C=O) groups excluding carboxylic acids is 1. The van der Waals surface area contributed by atoms with Crippen LogP contribution >= 0.6 is 0 Å². The topological polar surface area (TPSA) is 28.0 Å². The van der Waals surface area contributed by atoms with E-state index in [1.54, 1.807) is 0 Å². The van der Waals surface area contributed by atoms with Gasteiger partial charge in [-0.1, -0.05) is 30.3 Å². The highest BCUT2D eigenvalue weighted by Gasteiger charge is 2.35. The second kappa shape index (κ2) is 7.35. The van der Waals surface area contributed by atoms with Gasteiger partial charge in [0.1, 0.15) is 0 Å². The fourth-order valence-electron chi connectivity index (χ4n) is 4.52. The van der Waals surface area contributed by atoms with Crippen molar-refractivity contribution >= 4 is 17.3 Å². The Morgan fingerprint density at radius 3 is 2.44 bits per heavy atom. The highest BCUT2D eigenvalue weighted by Crippen LogP contribution is 2.27. The van der Waals surface area contributed by atoms with Crippen molar-refractivity contribution in [3.8, 4) is 0 Å². The molecule has 1 atom stereocenters. The first-order valence-electron chi connectivity index (χ1n) is 10.1. The summed E-state index contributed by atoms with van der Waals surface area (Å²) in [5.41, 5.74) is 6.48. The minimum atomic E-state index is 0.0110. The smallest absolute Gasteiger partial charge is 0.284 e. The van der Waals surface area contributed by atoms with E-state index in [0.29, 0.717) is 0 Å². The number of quaternary nitrogens is 1. The number of fused-ring (bicyclic) bond motifs is 1. The van der Waals surface area contributed by atoms with Gasteiger partial charge in [-0.2, -0.15) is 0 Å². The third-order valence-corrected chi connectivity index (χ3v) is 6.46. The second-order valence-electron chi connectivity index (χ2n) is 7.95. The average molecular weight is 365 g/mol. The monoisotopic (exact) mass is 364 g/mol. The summed E-state index contributed by atoms with van der Waals surface area (Å²) >= 11 is 0. The molecule has 4 nitrogen and oxygen atoms in total. The predicted molar refractivity (Wildman–Crippen MR) is 111 cm³/mol. The largest absolute Gasteiger partial charge is 0.360 e. The van der Waals surface area contributed by atoms with Gasteiger partial charge in [-0.05, 0) is 56.0 Å². The fraction of sp³-hybridized carbons (Fsp3) is 0.435. The van der Waals surface area contributed by atoms with Gasteiger partial charge in [-0.15, -0.1) is 0 Å². The van der Waals surface area contributed by atoms with Crippen LogP contribution in [0.2, 0.25) is 0 Å². The van der Waals surface area contributed by atoms with Crippen molar-refractivity contribution in [2.24, 2.45) is 0 Å². The van der Waals surface area contributed by atoms with Gasteiger partial charge in [-0.3, -0.25) is 4.79 Å². The van der Waals surface area contributed by atoms with E-state index < -0.39 is 0 Å². The van der Waals surface area contributed by atoms with Gasteiger partial charge in [0.05, 0.1) is 26.2 Å². The Bertz CT molecular complexity index is 839. The van der Waals surface area contributed by atoms with Crippen LogP contribution in [0.1, 0.15) is 23.6 Å². The summed E-state index contributed by atoms with van der Waals surface area (Å²) in [6, 6.07) is 14.9. The number of nitrogens with one attached hydrogen (secondary N) is 1. The molecule has 2 aromatic carbocycles. The summed E-state index contributed by atoms with van der Waals surface area (Å²) < 4.78 is 0. The van der Waals surface area contributed by atoms with Crippen molar-refractivity contribution in [2.75, 3.05) is 42.5 Å². The molecule has 0 aromatic heterocycles. The Labute approximate surface area is 162 Å². The molecule has 1 saturated heterocycles. The number of hydrogen-bond acceptors (Lipinski definition) is 2. The molecule has 27 heavy (non-hydrogen) atoms. The van der Waals surface area contributed by atoms with E-state index in [1.807, 2.05) is 11.0 Å². The quantitative estimate of drug-likeness (QED) is 0.902. The molecule has 2 aliphatic heterocycles.